The second-order valence-corrected chi connectivity index (χ2v) is 6.44. The molecule has 0 fully saturated rings. The highest BCUT2D eigenvalue weighted by atomic mass is 19.1. The molecule has 0 radical (unpaired) electrons. The van der Waals surface area contributed by atoms with Crippen molar-refractivity contribution in [2.75, 3.05) is 24.3 Å². The molecule has 2 aromatic carbocycles. The van der Waals surface area contributed by atoms with Gasteiger partial charge in [-0.1, -0.05) is 0 Å². The van der Waals surface area contributed by atoms with E-state index in [0.717, 1.165) is 0 Å². The van der Waals surface area contributed by atoms with Crippen molar-refractivity contribution in [1.82, 2.24) is 9.13 Å². The molecule has 1 heterocycles. The van der Waals surface area contributed by atoms with Gasteiger partial charge in [-0.2, -0.15) is 0 Å². The van der Waals surface area contributed by atoms with Crippen LogP contribution in [0, 0.1) is 5.82 Å². The Kier molecular flexibility index (Phi) is 4.57. The van der Waals surface area contributed by atoms with Crippen molar-refractivity contribution in [3.05, 3.63) is 68.5 Å². The number of aromatic nitrogens is 2. The Bertz CT molecular complexity index is 1160. The van der Waals surface area contributed by atoms with Crippen LogP contribution in [0.5, 0.6) is 0 Å². The van der Waals surface area contributed by atoms with Gasteiger partial charge in [0, 0.05) is 33.8 Å². The minimum Gasteiger partial charge on any atom is -0.376 e. The average molecular weight is 370 g/mol. The van der Waals surface area contributed by atoms with Crippen LogP contribution in [-0.4, -0.2) is 29.1 Å². The highest BCUT2D eigenvalue weighted by molar-refractivity contribution is 6.07. The highest BCUT2D eigenvalue weighted by Gasteiger charge is 2.16. The van der Waals surface area contributed by atoms with Gasteiger partial charge >= 0.3 is 11.1 Å². The van der Waals surface area contributed by atoms with Gasteiger partial charge in [-0.25, -0.2) is 4.39 Å². The molecular weight excluding hydrogens is 351 g/mol. The van der Waals surface area contributed by atoms with E-state index in [0.29, 0.717) is 28.0 Å². The van der Waals surface area contributed by atoms with Crippen molar-refractivity contribution in [2.24, 2.45) is 14.1 Å². The number of carbonyl (C=O) groups is 1. The molecule has 3 aromatic rings. The van der Waals surface area contributed by atoms with E-state index in [1.165, 1.54) is 47.5 Å². The molecule has 0 aliphatic rings. The Morgan fingerprint density at radius 3 is 2.00 bits per heavy atom. The second kappa shape index (κ2) is 6.71. The lowest BCUT2D eigenvalue weighted by molar-refractivity contribution is 0.102. The Labute approximate surface area is 154 Å². The number of carbonyl (C=O) groups excluding carboxylic acids is 1. The molecule has 1 aromatic heterocycles. The quantitative estimate of drug-likeness (QED) is 0.712. The molecule has 27 heavy (non-hydrogen) atoms. The molecule has 0 aliphatic heterocycles. The van der Waals surface area contributed by atoms with Crippen LogP contribution in [0.2, 0.25) is 0 Å². The molecule has 0 saturated carbocycles. The van der Waals surface area contributed by atoms with Gasteiger partial charge in [0.1, 0.15) is 5.82 Å². The number of hydrogen-bond donors (Lipinski definition) is 1. The Morgan fingerprint density at radius 2 is 1.48 bits per heavy atom. The van der Waals surface area contributed by atoms with Crippen molar-refractivity contribution in [3.8, 4) is 0 Å². The Morgan fingerprint density at radius 1 is 0.963 bits per heavy atom. The third kappa shape index (κ3) is 3.21. The molecule has 140 valence electrons. The highest BCUT2D eigenvalue weighted by Crippen LogP contribution is 2.29. The number of rotatable bonds is 3. The largest absolute Gasteiger partial charge is 0.376 e. The van der Waals surface area contributed by atoms with Gasteiger partial charge in [-0.15, -0.1) is 0 Å². The summed E-state index contributed by atoms with van der Waals surface area (Å²) in [5.74, 6) is -0.838. The first kappa shape index (κ1) is 18.4. The molecule has 0 spiro atoms. The van der Waals surface area contributed by atoms with Crippen molar-refractivity contribution < 1.29 is 9.18 Å². The Balaban J connectivity index is 2.18. The summed E-state index contributed by atoms with van der Waals surface area (Å²) in [6.07, 6.45) is 0. The second-order valence-electron chi connectivity index (χ2n) is 6.44. The topological polar surface area (TPSA) is 76.3 Å². The molecule has 3 rings (SSSR count). The number of halogens is 1. The lowest BCUT2D eigenvalue weighted by Gasteiger charge is -2.20. The zero-order chi connectivity index (χ0) is 19.9. The number of nitrogens with zero attached hydrogens (tertiary/aromatic N) is 3. The summed E-state index contributed by atoms with van der Waals surface area (Å²) in [7, 11) is 6.64. The molecule has 0 bridgehead atoms. The van der Waals surface area contributed by atoms with E-state index in [1.54, 1.807) is 31.1 Å². The number of nitrogens with one attached hydrogen (secondary N) is 1. The normalized spacial score (nSPS) is 10.9. The van der Waals surface area contributed by atoms with E-state index in [9.17, 15) is 18.8 Å². The number of fused-ring (bicyclic) bond motifs is 1. The number of amides is 1. The fraction of sp³-hybridized carbons (Fsp3) is 0.211. The van der Waals surface area contributed by atoms with Crippen LogP contribution < -0.4 is 21.3 Å². The van der Waals surface area contributed by atoms with Crippen molar-refractivity contribution in [2.45, 2.75) is 0 Å². The molecule has 1 N–H and O–H groups in total. The van der Waals surface area contributed by atoms with Gasteiger partial charge in [-0.05, 0) is 36.4 Å². The molecule has 8 heteroatoms. The number of hydrogen-bond acceptors (Lipinski definition) is 4. The van der Waals surface area contributed by atoms with Crippen LogP contribution in [0.15, 0.2) is 46.0 Å². The smallest absolute Gasteiger partial charge is 0.316 e. The van der Waals surface area contributed by atoms with Gasteiger partial charge in [0.15, 0.2) is 0 Å². The maximum atomic E-state index is 13.1. The molecule has 0 atom stereocenters. The number of benzene rings is 2. The third-order valence-corrected chi connectivity index (χ3v) is 4.44. The van der Waals surface area contributed by atoms with Gasteiger partial charge in [-0.3, -0.25) is 14.4 Å². The summed E-state index contributed by atoms with van der Waals surface area (Å²) in [6, 6.07) is 8.58. The van der Waals surface area contributed by atoms with E-state index < -0.39 is 22.8 Å². The van der Waals surface area contributed by atoms with Crippen molar-refractivity contribution in [1.29, 1.82) is 0 Å². The van der Waals surface area contributed by atoms with Crippen molar-refractivity contribution >= 4 is 28.3 Å². The van der Waals surface area contributed by atoms with E-state index in [1.807, 2.05) is 0 Å². The zero-order valence-electron chi connectivity index (χ0n) is 15.4. The van der Waals surface area contributed by atoms with Crippen LogP contribution in [-0.2, 0) is 14.1 Å². The minimum atomic E-state index is -0.654. The van der Waals surface area contributed by atoms with Crippen LogP contribution in [0.3, 0.4) is 0 Å². The van der Waals surface area contributed by atoms with Crippen molar-refractivity contribution in [3.63, 3.8) is 0 Å². The standard InChI is InChI=1S/C19H19FN4O3/c1-22(2)14-10-16-15(23(3)18(26)19(27)24(16)4)9-13(14)21-17(25)11-5-7-12(20)8-6-11/h5-10H,1-4H3,(H,21,25). The van der Waals surface area contributed by atoms with Gasteiger partial charge in [0.05, 0.1) is 22.4 Å². The van der Waals surface area contributed by atoms with E-state index >= 15 is 0 Å². The molecule has 1 amide bonds. The first-order valence-corrected chi connectivity index (χ1v) is 8.18. The molecule has 7 nitrogen and oxygen atoms in total. The van der Waals surface area contributed by atoms with Crippen LogP contribution in [0.4, 0.5) is 15.8 Å². The fourth-order valence-corrected chi connectivity index (χ4v) is 2.87. The lowest BCUT2D eigenvalue weighted by atomic mass is 10.1. The van der Waals surface area contributed by atoms with Gasteiger partial charge in [0.25, 0.3) is 5.91 Å². The molecular formula is C19H19FN4O3. The monoisotopic (exact) mass is 370 g/mol. The summed E-state index contributed by atoms with van der Waals surface area (Å²) >= 11 is 0. The average Bonchev–Trinajstić information content (AvgIpc) is 2.64. The maximum absolute atomic E-state index is 13.1. The predicted molar refractivity (Wildman–Crippen MR) is 103 cm³/mol. The Hall–Kier alpha value is -3.42. The summed E-state index contributed by atoms with van der Waals surface area (Å²) in [6.45, 7) is 0. The summed E-state index contributed by atoms with van der Waals surface area (Å²) < 4.78 is 15.6. The fourth-order valence-electron chi connectivity index (χ4n) is 2.87. The minimum absolute atomic E-state index is 0.301. The summed E-state index contributed by atoms with van der Waals surface area (Å²) in [5.41, 5.74) is 1.21. The van der Waals surface area contributed by atoms with E-state index in [2.05, 4.69) is 5.32 Å². The van der Waals surface area contributed by atoms with Crippen LogP contribution in [0.25, 0.3) is 11.0 Å². The zero-order valence-corrected chi connectivity index (χ0v) is 15.4. The third-order valence-electron chi connectivity index (χ3n) is 4.44. The maximum Gasteiger partial charge on any atom is 0.316 e. The van der Waals surface area contributed by atoms with Gasteiger partial charge < -0.3 is 19.4 Å². The van der Waals surface area contributed by atoms with Crippen LogP contribution >= 0.6 is 0 Å². The van der Waals surface area contributed by atoms with E-state index in [4.69, 9.17) is 0 Å². The summed E-state index contributed by atoms with van der Waals surface area (Å²) in [5, 5.41) is 2.79. The first-order valence-electron chi connectivity index (χ1n) is 8.18. The SMILES string of the molecule is CN(C)c1cc2c(cc1NC(=O)c1ccc(F)cc1)n(C)c(=O)c(=O)n2C. The first-order chi connectivity index (χ1) is 12.7. The molecule has 0 saturated heterocycles. The predicted octanol–water partition coefficient (Wildman–Crippen LogP) is 1.69. The molecule has 0 aliphatic carbocycles. The number of anilines is 2. The van der Waals surface area contributed by atoms with Gasteiger partial charge in [0.2, 0.25) is 0 Å². The van der Waals surface area contributed by atoms with Crippen LogP contribution in [0.1, 0.15) is 10.4 Å². The summed E-state index contributed by atoms with van der Waals surface area (Å²) in [4.78, 5) is 38.5. The molecule has 0 unspecified atom stereocenters. The van der Waals surface area contributed by atoms with E-state index in [-0.39, 0.29) is 0 Å². The number of aryl methyl sites for hydroxylation is 2. The lowest BCUT2D eigenvalue weighted by Crippen LogP contribution is -2.39.